The lowest BCUT2D eigenvalue weighted by atomic mass is 10.1. The average Bonchev–Trinajstić information content (AvgIpc) is 2.94. The number of primary amides is 1. The van der Waals surface area contributed by atoms with Crippen molar-refractivity contribution in [1.82, 2.24) is 10.3 Å². The summed E-state index contributed by atoms with van der Waals surface area (Å²) in [4.78, 5) is 38.8. The molecule has 1 aromatic heterocycles. The van der Waals surface area contributed by atoms with Gasteiger partial charge in [-0.1, -0.05) is 26.0 Å². The van der Waals surface area contributed by atoms with E-state index in [1.165, 1.54) is 11.3 Å². The van der Waals surface area contributed by atoms with Crippen LogP contribution >= 0.6 is 11.3 Å². The molecule has 0 saturated carbocycles. The summed E-state index contributed by atoms with van der Waals surface area (Å²) in [6.45, 7) is 3.19. The third-order valence-electron chi connectivity index (χ3n) is 3.15. The van der Waals surface area contributed by atoms with E-state index in [4.69, 9.17) is 15.2 Å². The van der Waals surface area contributed by atoms with Crippen molar-refractivity contribution in [2.24, 2.45) is 11.7 Å². The van der Waals surface area contributed by atoms with Crippen LogP contribution in [-0.2, 0) is 25.7 Å². The van der Waals surface area contributed by atoms with E-state index in [0.29, 0.717) is 0 Å². The number of carbonyl (C=O) groups is 3. The van der Waals surface area contributed by atoms with Crippen LogP contribution in [0.5, 0.6) is 0 Å². The fourth-order valence-electron chi connectivity index (χ4n) is 2.06. The monoisotopic (exact) mass is 365 g/mol. The molecule has 2 rings (SSSR count). The van der Waals surface area contributed by atoms with Gasteiger partial charge < -0.3 is 15.2 Å². The Hall–Kier alpha value is -2.52. The van der Waals surface area contributed by atoms with Crippen LogP contribution in [-0.4, -0.2) is 35.6 Å². The predicted octanol–water partition coefficient (Wildman–Crippen LogP) is 1.58. The Morgan fingerprint density at radius 1 is 1.28 bits per heavy atom. The van der Waals surface area contributed by atoms with Gasteiger partial charge in [0.2, 0.25) is 0 Å². The molecular formula is C16H19N3O5S. The largest absolute Gasteiger partial charge is 0.450 e. The molecule has 3 amide bonds. The van der Waals surface area contributed by atoms with Crippen LogP contribution in [0.4, 0.5) is 4.79 Å². The number of hydrogen-bond donors (Lipinski definition) is 2. The summed E-state index contributed by atoms with van der Waals surface area (Å²) >= 11 is 1.48. The third-order valence-corrected chi connectivity index (χ3v) is 4.16. The van der Waals surface area contributed by atoms with Gasteiger partial charge in [0.1, 0.15) is 11.6 Å². The highest BCUT2D eigenvalue weighted by Gasteiger charge is 2.27. The number of fused-ring (bicyclic) bond motifs is 1. The lowest BCUT2D eigenvalue weighted by Gasteiger charge is -2.19. The minimum atomic E-state index is -1.12. The molecule has 0 spiro atoms. The molecule has 2 aromatic rings. The first-order valence-electron chi connectivity index (χ1n) is 7.58. The molecule has 25 heavy (non-hydrogen) atoms. The SMILES string of the molecule is CC(C)[C@@H](OC(=O)COCc1nc2ccccc2s1)C(=O)NC(N)=O. The molecule has 8 nitrogen and oxygen atoms in total. The first kappa shape index (κ1) is 18.8. The zero-order valence-corrected chi connectivity index (χ0v) is 14.7. The van der Waals surface area contributed by atoms with Crippen LogP contribution in [0, 0.1) is 5.92 Å². The Kier molecular flexibility index (Phi) is 6.43. The lowest BCUT2D eigenvalue weighted by molar-refractivity contribution is -0.162. The number of nitrogens with zero attached hydrogens (tertiary/aromatic N) is 1. The number of amides is 3. The van der Waals surface area contributed by atoms with E-state index >= 15 is 0 Å². The first-order chi connectivity index (χ1) is 11.9. The van der Waals surface area contributed by atoms with Gasteiger partial charge in [-0.2, -0.15) is 0 Å². The van der Waals surface area contributed by atoms with Crippen molar-refractivity contribution in [3.05, 3.63) is 29.3 Å². The van der Waals surface area contributed by atoms with Crippen LogP contribution in [0.2, 0.25) is 0 Å². The summed E-state index contributed by atoms with van der Waals surface area (Å²) in [5.74, 6) is -1.80. The molecule has 134 valence electrons. The van der Waals surface area contributed by atoms with Gasteiger partial charge in [0.25, 0.3) is 5.91 Å². The maximum absolute atomic E-state index is 11.9. The Morgan fingerprint density at radius 2 is 2.00 bits per heavy atom. The minimum absolute atomic E-state index is 0.161. The topological polar surface area (TPSA) is 121 Å². The molecule has 0 aliphatic rings. The molecular weight excluding hydrogens is 346 g/mol. The van der Waals surface area contributed by atoms with Crippen LogP contribution in [0.1, 0.15) is 18.9 Å². The van der Waals surface area contributed by atoms with Crippen LogP contribution in [0.15, 0.2) is 24.3 Å². The van der Waals surface area contributed by atoms with Gasteiger partial charge in [0.05, 0.1) is 16.8 Å². The highest BCUT2D eigenvalue weighted by molar-refractivity contribution is 7.18. The molecule has 1 heterocycles. The van der Waals surface area contributed by atoms with Crippen molar-refractivity contribution < 1.29 is 23.9 Å². The van der Waals surface area contributed by atoms with Gasteiger partial charge >= 0.3 is 12.0 Å². The minimum Gasteiger partial charge on any atom is -0.450 e. The maximum atomic E-state index is 11.9. The summed E-state index contributed by atoms with van der Waals surface area (Å²) in [5.41, 5.74) is 5.77. The molecule has 1 atom stereocenters. The number of esters is 1. The van der Waals surface area contributed by atoms with Gasteiger partial charge in [0, 0.05) is 0 Å². The second kappa shape index (κ2) is 8.54. The number of nitrogens with two attached hydrogens (primary N) is 1. The molecule has 0 aliphatic carbocycles. The van der Waals surface area contributed by atoms with Crippen LogP contribution < -0.4 is 11.1 Å². The highest BCUT2D eigenvalue weighted by atomic mass is 32.1. The average molecular weight is 365 g/mol. The quantitative estimate of drug-likeness (QED) is 0.719. The molecule has 1 aromatic carbocycles. The summed E-state index contributed by atoms with van der Waals surface area (Å²) in [7, 11) is 0. The number of imide groups is 1. The van der Waals surface area contributed by atoms with E-state index in [1.54, 1.807) is 13.8 Å². The van der Waals surface area contributed by atoms with E-state index in [-0.39, 0.29) is 19.1 Å². The molecule has 0 radical (unpaired) electrons. The Balaban J connectivity index is 1.84. The van der Waals surface area contributed by atoms with Crippen molar-refractivity contribution in [3.8, 4) is 0 Å². The lowest BCUT2D eigenvalue weighted by Crippen LogP contribution is -2.46. The van der Waals surface area contributed by atoms with Crippen LogP contribution in [0.25, 0.3) is 10.2 Å². The second-order valence-electron chi connectivity index (χ2n) is 5.58. The number of aromatic nitrogens is 1. The zero-order valence-electron chi connectivity index (χ0n) is 13.9. The van der Waals surface area contributed by atoms with Gasteiger partial charge in [-0.3, -0.25) is 10.1 Å². The van der Waals surface area contributed by atoms with Crippen LogP contribution in [0.3, 0.4) is 0 Å². The van der Waals surface area contributed by atoms with E-state index in [1.807, 2.05) is 29.6 Å². The fourth-order valence-corrected chi connectivity index (χ4v) is 2.97. The molecule has 3 N–H and O–H groups in total. The standard InChI is InChI=1S/C16H19N3O5S/c1-9(2)14(15(21)19-16(17)22)24-13(20)8-23-7-12-18-10-5-3-4-6-11(10)25-12/h3-6,9,14H,7-8H2,1-2H3,(H3,17,19,21,22)/t14-/m1/s1. The van der Waals surface area contributed by atoms with Crippen molar-refractivity contribution in [2.45, 2.75) is 26.6 Å². The van der Waals surface area contributed by atoms with Gasteiger partial charge in [-0.05, 0) is 18.1 Å². The smallest absolute Gasteiger partial charge is 0.332 e. The molecule has 0 saturated heterocycles. The molecule has 0 aliphatic heterocycles. The number of benzene rings is 1. The Bertz CT molecular complexity index is 741. The number of hydrogen-bond acceptors (Lipinski definition) is 7. The van der Waals surface area contributed by atoms with E-state index in [9.17, 15) is 14.4 Å². The predicted molar refractivity (Wildman–Crippen MR) is 91.7 cm³/mol. The highest BCUT2D eigenvalue weighted by Crippen LogP contribution is 2.21. The van der Waals surface area contributed by atoms with Crippen molar-refractivity contribution in [2.75, 3.05) is 6.61 Å². The maximum Gasteiger partial charge on any atom is 0.332 e. The van der Waals surface area contributed by atoms with E-state index in [2.05, 4.69) is 4.98 Å². The third kappa shape index (κ3) is 5.50. The number of nitrogens with one attached hydrogen (secondary N) is 1. The Morgan fingerprint density at radius 3 is 2.64 bits per heavy atom. The number of urea groups is 1. The first-order valence-corrected chi connectivity index (χ1v) is 8.40. The van der Waals surface area contributed by atoms with Gasteiger partial charge in [0.15, 0.2) is 6.10 Å². The second-order valence-corrected chi connectivity index (χ2v) is 6.69. The summed E-state index contributed by atoms with van der Waals surface area (Å²) in [6, 6.07) is 6.67. The Labute approximate surface area is 148 Å². The van der Waals surface area contributed by atoms with E-state index in [0.717, 1.165) is 15.2 Å². The van der Waals surface area contributed by atoms with E-state index < -0.39 is 24.0 Å². The number of thiazole rings is 1. The molecule has 0 fully saturated rings. The number of carbonyl (C=O) groups excluding carboxylic acids is 3. The molecule has 9 heteroatoms. The van der Waals surface area contributed by atoms with Crippen molar-refractivity contribution >= 4 is 39.5 Å². The summed E-state index contributed by atoms with van der Waals surface area (Å²) in [5, 5.41) is 2.64. The van der Waals surface area contributed by atoms with Gasteiger partial charge in [-0.15, -0.1) is 11.3 Å². The fraction of sp³-hybridized carbons (Fsp3) is 0.375. The van der Waals surface area contributed by atoms with Crippen molar-refractivity contribution in [1.29, 1.82) is 0 Å². The summed E-state index contributed by atoms with van der Waals surface area (Å²) < 4.78 is 11.4. The number of rotatable bonds is 7. The normalized spacial score (nSPS) is 12.1. The zero-order chi connectivity index (χ0) is 18.4. The molecule has 0 bridgehead atoms. The van der Waals surface area contributed by atoms with Crippen molar-refractivity contribution in [3.63, 3.8) is 0 Å². The number of ether oxygens (including phenoxy) is 2. The number of para-hydroxylation sites is 1. The van der Waals surface area contributed by atoms with Gasteiger partial charge in [-0.25, -0.2) is 14.6 Å². The summed E-state index contributed by atoms with van der Waals surface area (Å²) in [6.07, 6.45) is -1.12. The molecule has 0 unspecified atom stereocenters.